The molecule has 0 radical (unpaired) electrons. The van der Waals surface area contributed by atoms with E-state index in [-0.39, 0.29) is 57.3 Å². The highest BCUT2D eigenvalue weighted by atomic mass is 35.5. The quantitative estimate of drug-likeness (QED) is 0.122. The standard InChI is InChI=1S/C51H76ClN3O5/c1-30(2)44-41(57)28-51(23-25-54-29-35(10-8-9-24-53)55-46(58)32-11-13-34(52)14-12-32)22-18-39-36(45(44)51)15-16-43-49(39,6)21-19-42-48(4,5)33(17-20-50(42,43)7)26-40(56)37-27-38(31(37)3)47(59)60/h11-14,30-31,33,35-39,42-43,54H,8-10,15-29,53H2,1-7H3,(H,55,58)(H,59,60). The van der Waals surface area contributed by atoms with Gasteiger partial charge in [-0.2, -0.15) is 0 Å². The van der Waals surface area contributed by atoms with Crippen LogP contribution in [-0.4, -0.2) is 54.2 Å². The molecular formula is C51H76ClN3O5. The van der Waals surface area contributed by atoms with E-state index in [9.17, 15) is 24.3 Å². The zero-order chi connectivity index (χ0) is 43.4. The second kappa shape index (κ2) is 17.5. The van der Waals surface area contributed by atoms with Crippen molar-refractivity contribution in [1.29, 1.82) is 0 Å². The van der Waals surface area contributed by atoms with Crippen LogP contribution in [0.4, 0.5) is 0 Å². The molecule has 0 spiro atoms. The van der Waals surface area contributed by atoms with Crippen molar-refractivity contribution in [1.82, 2.24) is 10.6 Å². The predicted molar refractivity (Wildman–Crippen MR) is 239 cm³/mol. The number of carbonyl (C=O) groups is 4. The minimum absolute atomic E-state index is 0.0234. The second-order valence-electron chi connectivity index (χ2n) is 22.1. The van der Waals surface area contributed by atoms with Crippen LogP contribution in [0.15, 0.2) is 35.4 Å². The van der Waals surface area contributed by atoms with E-state index in [1.54, 1.807) is 24.3 Å². The number of hydrogen-bond acceptors (Lipinski definition) is 6. The van der Waals surface area contributed by atoms with Crippen molar-refractivity contribution < 1.29 is 24.3 Å². The number of carboxylic acid groups (broad SMARTS) is 1. The van der Waals surface area contributed by atoms with Crippen molar-refractivity contribution in [3.8, 4) is 0 Å². The van der Waals surface area contributed by atoms with Crippen LogP contribution in [0.1, 0.15) is 155 Å². The first-order valence-corrected chi connectivity index (χ1v) is 24.3. The molecule has 0 saturated heterocycles. The smallest absolute Gasteiger partial charge is 0.306 e. The van der Waals surface area contributed by atoms with Crippen molar-refractivity contribution in [2.45, 2.75) is 151 Å². The van der Waals surface area contributed by atoms with E-state index in [2.05, 4.69) is 52.2 Å². The van der Waals surface area contributed by atoms with Crippen molar-refractivity contribution in [3.05, 3.63) is 46.0 Å². The van der Waals surface area contributed by atoms with Crippen LogP contribution >= 0.6 is 11.6 Å². The minimum atomic E-state index is -0.759. The number of allylic oxidation sites excluding steroid dienone is 2. The van der Waals surface area contributed by atoms with E-state index in [1.807, 2.05) is 6.92 Å². The number of rotatable bonds is 16. The molecule has 12 atom stereocenters. The highest BCUT2D eigenvalue weighted by Gasteiger charge is 2.66. The maximum absolute atomic E-state index is 14.1. The summed E-state index contributed by atoms with van der Waals surface area (Å²) in [5.74, 6) is 2.05. The molecule has 1 amide bonds. The molecule has 6 aliphatic carbocycles. The molecule has 8 nitrogen and oxygen atoms in total. The van der Waals surface area contributed by atoms with Gasteiger partial charge in [-0.3, -0.25) is 19.2 Å². The number of amides is 1. The summed E-state index contributed by atoms with van der Waals surface area (Å²) < 4.78 is 0. The monoisotopic (exact) mass is 846 g/mol. The number of carbonyl (C=O) groups excluding carboxylic acids is 3. The molecule has 6 aliphatic rings. The van der Waals surface area contributed by atoms with Gasteiger partial charge in [0.2, 0.25) is 0 Å². The Balaban J connectivity index is 1.04. The Morgan fingerprint density at radius 1 is 0.917 bits per heavy atom. The van der Waals surface area contributed by atoms with Crippen LogP contribution in [0.2, 0.25) is 5.02 Å². The van der Waals surface area contributed by atoms with E-state index < -0.39 is 5.97 Å². The fraction of sp³-hybridized carbons (Fsp3) is 0.765. The lowest BCUT2D eigenvalue weighted by Gasteiger charge is -2.69. The van der Waals surface area contributed by atoms with Gasteiger partial charge in [-0.25, -0.2) is 0 Å². The lowest BCUT2D eigenvalue weighted by atomic mass is 9.35. The lowest BCUT2D eigenvalue weighted by molar-refractivity contribution is -0.193. The Bertz CT molecular complexity index is 1820. The van der Waals surface area contributed by atoms with Gasteiger partial charge in [-0.1, -0.05) is 72.1 Å². The van der Waals surface area contributed by atoms with Gasteiger partial charge >= 0.3 is 5.97 Å². The third kappa shape index (κ3) is 8.10. The van der Waals surface area contributed by atoms with Crippen molar-refractivity contribution in [2.75, 3.05) is 19.6 Å². The van der Waals surface area contributed by atoms with E-state index in [0.29, 0.717) is 84.1 Å². The molecule has 12 unspecified atom stereocenters. The molecule has 9 heteroatoms. The van der Waals surface area contributed by atoms with Crippen LogP contribution in [0.25, 0.3) is 0 Å². The highest BCUT2D eigenvalue weighted by Crippen LogP contribution is 2.74. The Morgan fingerprint density at radius 3 is 2.30 bits per heavy atom. The number of fused-ring (bicyclic) bond motifs is 7. The summed E-state index contributed by atoms with van der Waals surface area (Å²) in [5, 5.41) is 17.2. The van der Waals surface area contributed by atoms with Gasteiger partial charge in [0.25, 0.3) is 5.91 Å². The molecule has 1 aromatic carbocycles. The van der Waals surface area contributed by atoms with E-state index >= 15 is 0 Å². The van der Waals surface area contributed by atoms with Crippen LogP contribution in [0.5, 0.6) is 0 Å². The number of hydrogen-bond donors (Lipinski definition) is 4. The average molecular weight is 847 g/mol. The molecule has 60 heavy (non-hydrogen) atoms. The summed E-state index contributed by atoms with van der Waals surface area (Å²) in [6.45, 7) is 18.7. The van der Waals surface area contributed by atoms with Gasteiger partial charge in [-0.05, 0) is 178 Å². The summed E-state index contributed by atoms with van der Waals surface area (Å²) in [4.78, 5) is 52.6. The van der Waals surface area contributed by atoms with Crippen LogP contribution in [0.3, 0.4) is 0 Å². The maximum atomic E-state index is 14.1. The highest BCUT2D eigenvalue weighted by molar-refractivity contribution is 6.30. The SMILES string of the molecule is CC(C)C1=C2C3CCC4C(C)(CCC5C(C)(C)C(CC(=O)C6CC(C(=O)O)C6C)CCC54C)C3CCC2(CCNCC(CCCCN)NC(=O)c2ccc(Cl)cc2)CC1=O. The van der Waals surface area contributed by atoms with Gasteiger partial charge in [0, 0.05) is 47.3 Å². The minimum Gasteiger partial charge on any atom is -0.481 e. The largest absolute Gasteiger partial charge is 0.481 e. The molecule has 332 valence electrons. The van der Waals surface area contributed by atoms with E-state index in [0.717, 1.165) is 63.5 Å². The first kappa shape index (κ1) is 45.5. The fourth-order valence-electron chi connectivity index (χ4n) is 15.3. The van der Waals surface area contributed by atoms with Crippen molar-refractivity contribution in [3.63, 3.8) is 0 Å². The van der Waals surface area contributed by atoms with Gasteiger partial charge < -0.3 is 21.5 Å². The normalized spacial score (nSPS) is 37.3. The van der Waals surface area contributed by atoms with Gasteiger partial charge in [0.15, 0.2) is 5.78 Å². The summed E-state index contributed by atoms with van der Waals surface area (Å²) in [6.07, 6.45) is 14.7. The molecule has 7 rings (SSSR count). The van der Waals surface area contributed by atoms with Gasteiger partial charge in [0.1, 0.15) is 5.78 Å². The molecule has 5 N–H and O–H groups in total. The Kier molecular flexibility index (Phi) is 13.3. The molecule has 5 saturated carbocycles. The van der Waals surface area contributed by atoms with Crippen LogP contribution in [-0.2, 0) is 14.4 Å². The fourth-order valence-corrected chi connectivity index (χ4v) is 15.5. The summed E-state index contributed by atoms with van der Waals surface area (Å²) in [5.41, 5.74) is 9.48. The van der Waals surface area contributed by atoms with Crippen molar-refractivity contribution >= 4 is 35.0 Å². The molecule has 0 aliphatic heterocycles. The number of carboxylic acids is 1. The zero-order valence-corrected chi connectivity index (χ0v) is 38.6. The maximum Gasteiger partial charge on any atom is 0.306 e. The number of aliphatic carboxylic acids is 1. The second-order valence-corrected chi connectivity index (χ2v) is 22.6. The van der Waals surface area contributed by atoms with Crippen LogP contribution in [0, 0.1) is 74.9 Å². The van der Waals surface area contributed by atoms with E-state index in [4.69, 9.17) is 17.3 Å². The molecule has 0 aromatic heterocycles. The molecule has 5 fully saturated rings. The number of unbranched alkanes of at least 4 members (excludes halogenated alkanes) is 1. The molecule has 0 heterocycles. The number of halogens is 1. The Hall–Kier alpha value is -2.55. The average Bonchev–Trinajstić information content (AvgIpc) is 3.49. The summed E-state index contributed by atoms with van der Waals surface area (Å²) >= 11 is 6.09. The van der Waals surface area contributed by atoms with Gasteiger partial charge in [0.05, 0.1) is 5.92 Å². The Morgan fingerprint density at radius 2 is 1.63 bits per heavy atom. The number of Topliss-reactive ketones (excluding diaryl/α,β-unsaturated/α-hetero) is 2. The topological polar surface area (TPSA) is 139 Å². The van der Waals surface area contributed by atoms with Gasteiger partial charge in [-0.15, -0.1) is 0 Å². The number of nitrogens with one attached hydrogen (secondary N) is 2. The first-order valence-electron chi connectivity index (χ1n) is 23.9. The third-order valence-corrected chi connectivity index (χ3v) is 18.8. The molecular weight excluding hydrogens is 770 g/mol. The Labute approximate surface area is 365 Å². The first-order chi connectivity index (χ1) is 28.4. The summed E-state index contributed by atoms with van der Waals surface area (Å²) in [7, 11) is 0. The molecule has 1 aromatic rings. The molecule has 0 bridgehead atoms. The third-order valence-electron chi connectivity index (χ3n) is 18.6. The lowest BCUT2D eigenvalue weighted by Crippen LogP contribution is -2.62. The number of ketones is 2. The predicted octanol–water partition coefficient (Wildman–Crippen LogP) is 10.1. The van der Waals surface area contributed by atoms with Crippen LogP contribution < -0.4 is 16.4 Å². The zero-order valence-electron chi connectivity index (χ0n) is 37.8. The van der Waals surface area contributed by atoms with Crippen molar-refractivity contribution in [2.24, 2.45) is 80.7 Å². The number of nitrogens with two attached hydrogens (primary N) is 1. The number of benzene rings is 1. The summed E-state index contributed by atoms with van der Waals surface area (Å²) in [6, 6.07) is 7.01. The van der Waals surface area contributed by atoms with E-state index in [1.165, 1.54) is 31.3 Å².